The summed E-state index contributed by atoms with van der Waals surface area (Å²) in [7, 11) is 0. The summed E-state index contributed by atoms with van der Waals surface area (Å²) in [6, 6.07) is 1.29. The van der Waals surface area contributed by atoms with Gasteiger partial charge < -0.3 is 14.4 Å². The first-order valence-electron chi connectivity index (χ1n) is 3.44. The lowest BCUT2D eigenvalue weighted by Gasteiger charge is -1.92. The molecule has 68 valence electrons. The van der Waals surface area contributed by atoms with Gasteiger partial charge in [0.05, 0.1) is 0 Å². The van der Waals surface area contributed by atoms with Gasteiger partial charge in [0, 0.05) is 6.07 Å². The van der Waals surface area contributed by atoms with Gasteiger partial charge in [0.25, 0.3) is 0 Å². The first-order chi connectivity index (χ1) is 6.24. The lowest BCUT2D eigenvalue weighted by molar-refractivity contribution is 0.0685. The van der Waals surface area contributed by atoms with E-state index >= 15 is 0 Å². The fourth-order valence-electron chi connectivity index (χ4n) is 0.692. The minimum Gasteiger partial charge on any atom is -0.476 e. The highest BCUT2D eigenvalue weighted by Crippen LogP contribution is 2.04. The van der Waals surface area contributed by atoms with Crippen LogP contribution >= 0.6 is 0 Å². The number of carbonyl (C=O) groups is 1. The molecule has 0 fully saturated rings. The van der Waals surface area contributed by atoms with Crippen LogP contribution in [0.2, 0.25) is 0 Å². The standard InChI is InChI=1S/C8H7NO4/c1-2-3-12-5-6-4-7(8(10)11)9-13-6/h1,4H,3,5H2,(H,10,11). The number of rotatable bonds is 4. The molecule has 0 aromatic carbocycles. The summed E-state index contributed by atoms with van der Waals surface area (Å²) in [5, 5.41) is 11.8. The van der Waals surface area contributed by atoms with Crippen molar-refractivity contribution in [1.82, 2.24) is 5.16 Å². The van der Waals surface area contributed by atoms with Gasteiger partial charge >= 0.3 is 5.97 Å². The summed E-state index contributed by atoms with van der Waals surface area (Å²) in [4.78, 5) is 10.3. The van der Waals surface area contributed by atoms with Gasteiger partial charge in [0.15, 0.2) is 11.5 Å². The van der Waals surface area contributed by atoms with Crippen LogP contribution in [-0.2, 0) is 11.3 Å². The molecule has 0 aliphatic heterocycles. The first-order valence-corrected chi connectivity index (χ1v) is 3.44. The number of carboxylic acids is 1. The lowest BCUT2D eigenvalue weighted by atomic mass is 10.4. The molecule has 1 N–H and O–H groups in total. The zero-order valence-corrected chi connectivity index (χ0v) is 6.69. The van der Waals surface area contributed by atoms with Crippen molar-refractivity contribution in [2.24, 2.45) is 0 Å². The quantitative estimate of drug-likeness (QED) is 0.541. The third kappa shape index (κ3) is 2.61. The largest absolute Gasteiger partial charge is 0.476 e. The Morgan fingerprint density at radius 1 is 1.85 bits per heavy atom. The second-order valence-electron chi connectivity index (χ2n) is 2.18. The highest BCUT2D eigenvalue weighted by Gasteiger charge is 2.09. The van der Waals surface area contributed by atoms with Crippen LogP contribution in [0, 0.1) is 12.3 Å². The van der Waals surface area contributed by atoms with E-state index in [1.807, 2.05) is 0 Å². The van der Waals surface area contributed by atoms with Gasteiger partial charge in [-0.2, -0.15) is 0 Å². The predicted molar refractivity (Wildman–Crippen MR) is 42.0 cm³/mol. The monoisotopic (exact) mass is 181 g/mol. The van der Waals surface area contributed by atoms with Gasteiger partial charge in [0.1, 0.15) is 13.2 Å². The topological polar surface area (TPSA) is 72.6 Å². The predicted octanol–water partition coefficient (Wildman–Crippen LogP) is 0.523. The van der Waals surface area contributed by atoms with E-state index in [9.17, 15) is 4.79 Å². The third-order valence-electron chi connectivity index (χ3n) is 1.21. The summed E-state index contributed by atoms with van der Waals surface area (Å²) in [5.74, 6) is 1.47. The maximum atomic E-state index is 10.3. The van der Waals surface area contributed by atoms with Crippen molar-refractivity contribution < 1.29 is 19.2 Å². The molecular weight excluding hydrogens is 174 g/mol. The van der Waals surface area contributed by atoms with Crippen LogP contribution in [0.4, 0.5) is 0 Å². The molecule has 0 aliphatic carbocycles. The highest BCUT2D eigenvalue weighted by molar-refractivity contribution is 5.85. The van der Waals surface area contributed by atoms with Crippen molar-refractivity contribution in [2.45, 2.75) is 6.61 Å². The molecule has 0 saturated carbocycles. The summed E-state index contributed by atoms with van der Waals surface area (Å²) < 4.78 is 9.55. The van der Waals surface area contributed by atoms with Crippen molar-refractivity contribution in [3.05, 3.63) is 17.5 Å². The Morgan fingerprint density at radius 2 is 2.62 bits per heavy atom. The van der Waals surface area contributed by atoms with Crippen LogP contribution in [-0.4, -0.2) is 22.8 Å². The fourth-order valence-corrected chi connectivity index (χ4v) is 0.692. The van der Waals surface area contributed by atoms with E-state index in [0.29, 0.717) is 5.76 Å². The Labute approximate surface area is 74.3 Å². The normalized spacial score (nSPS) is 9.46. The summed E-state index contributed by atoms with van der Waals surface area (Å²) in [6.45, 7) is 0.285. The molecule has 5 nitrogen and oxygen atoms in total. The Kier molecular flexibility index (Phi) is 3.06. The molecule has 0 amide bonds. The average Bonchev–Trinajstić information content (AvgIpc) is 2.53. The van der Waals surface area contributed by atoms with Crippen LogP contribution in [0.25, 0.3) is 0 Å². The number of hydrogen-bond acceptors (Lipinski definition) is 4. The van der Waals surface area contributed by atoms with Gasteiger partial charge in [-0.25, -0.2) is 4.79 Å². The smallest absolute Gasteiger partial charge is 0.358 e. The molecule has 1 rings (SSSR count). The minimum absolute atomic E-state index is 0.129. The van der Waals surface area contributed by atoms with Gasteiger partial charge in [-0.1, -0.05) is 11.1 Å². The highest BCUT2D eigenvalue weighted by atomic mass is 16.5. The van der Waals surface area contributed by atoms with E-state index in [4.69, 9.17) is 16.3 Å². The molecule has 1 aromatic rings. The number of aromatic carboxylic acids is 1. The molecule has 13 heavy (non-hydrogen) atoms. The van der Waals surface area contributed by atoms with E-state index in [2.05, 4.69) is 15.6 Å². The SMILES string of the molecule is C#CCOCc1cc(C(=O)O)no1. The molecule has 0 spiro atoms. The number of nitrogens with zero attached hydrogens (tertiary/aromatic N) is 1. The Bertz CT molecular complexity index is 336. The van der Waals surface area contributed by atoms with Crippen LogP contribution in [0.3, 0.4) is 0 Å². The molecule has 0 bridgehead atoms. The van der Waals surface area contributed by atoms with E-state index < -0.39 is 5.97 Å². The molecule has 5 heteroatoms. The maximum Gasteiger partial charge on any atom is 0.358 e. The molecule has 0 aliphatic rings. The van der Waals surface area contributed by atoms with Gasteiger partial charge in [-0.3, -0.25) is 0 Å². The number of aromatic nitrogens is 1. The van der Waals surface area contributed by atoms with Crippen LogP contribution in [0.5, 0.6) is 0 Å². The van der Waals surface area contributed by atoms with Gasteiger partial charge in [-0.15, -0.1) is 6.42 Å². The average molecular weight is 181 g/mol. The van der Waals surface area contributed by atoms with Crippen LogP contribution in [0.15, 0.2) is 10.6 Å². The molecular formula is C8H7NO4. The van der Waals surface area contributed by atoms with Gasteiger partial charge in [0.2, 0.25) is 0 Å². The van der Waals surface area contributed by atoms with Crippen LogP contribution in [0.1, 0.15) is 16.2 Å². The second-order valence-corrected chi connectivity index (χ2v) is 2.18. The third-order valence-corrected chi connectivity index (χ3v) is 1.21. The van der Waals surface area contributed by atoms with E-state index in [1.54, 1.807) is 0 Å². The summed E-state index contributed by atoms with van der Waals surface area (Å²) in [6.07, 6.45) is 4.93. The van der Waals surface area contributed by atoms with Crippen molar-refractivity contribution in [2.75, 3.05) is 6.61 Å². The zero-order chi connectivity index (χ0) is 9.68. The molecule has 0 radical (unpaired) electrons. The molecule has 0 atom stereocenters. The van der Waals surface area contributed by atoms with Crippen molar-refractivity contribution in [3.63, 3.8) is 0 Å². The Hall–Kier alpha value is -1.80. The number of carboxylic acid groups (broad SMARTS) is 1. The van der Waals surface area contributed by atoms with Gasteiger partial charge in [-0.05, 0) is 0 Å². The molecule has 1 aromatic heterocycles. The maximum absolute atomic E-state index is 10.3. The lowest BCUT2D eigenvalue weighted by Crippen LogP contribution is -1.95. The Balaban J connectivity index is 2.50. The second kappa shape index (κ2) is 4.28. The van der Waals surface area contributed by atoms with Crippen molar-refractivity contribution in [1.29, 1.82) is 0 Å². The molecule has 1 heterocycles. The molecule has 0 saturated heterocycles. The van der Waals surface area contributed by atoms with E-state index in [-0.39, 0.29) is 18.9 Å². The van der Waals surface area contributed by atoms with Crippen molar-refractivity contribution >= 4 is 5.97 Å². The van der Waals surface area contributed by atoms with Crippen molar-refractivity contribution in [3.8, 4) is 12.3 Å². The number of hydrogen-bond donors (Lipinski definition) is 1. The zero-order valence-electron chi connectivity index (χ0n) is 6.69. The number of terminal acetylenes is 1. The van der Waals surface area contributed by atoms with E-state index in [1.165, 1.54) is 6.07 Å². The Morgan fingerprint density at radius 3 is 3.15 bits per heavy atom. The van der Waals surface area contributed by atoms with Crippen LogP contribution < -0.4 is 0 Å². The fraction of sp³-hybridized carbons (Fsp3) is 0.250. The van der Waals surface area contributed by atoms with E-state index in [0.717, 1.165) is 0 Å². The summed E-state index contributed by atoms with van der Waals surface area (Å²) >= 11 is 0. The minimum atomic E-state index is -1.13. The first kappa shape index (κ1) is 9.29. The summed E-state index contributed by atoms with van der Waals surface area (Å²) in [5.41, 5.74) is -0.140. The number of ether oxygens (including phenoxy) is 1. The molecule has 0 unspecified atom stereocenters.